The molecule has 2 rings (SSSR count). The fourth-order valence-corrected chi connectivity index (χ4v) is 5.75. The molecule has 0 unspecified atom stereocenters. The fourth-order valence-electron chi connectivity index (χ4n) is 5.20. The first-order valence-electron chi connectivity index (χ1n) is 8.79. The van der Waals surface area contributed by atoms with Crippen LogP contribution in [-0.4, -0.2) is 10.7 Å². The van der Waals surface area contributed by atoms with E-state index in [0.29, 0.717) is 5.41 Å². The van der Waals surface area contributed by atoms with Crippen molar-refractivity contribution in [3.8, 4) is 0 Å². The monoisotopic (exact) mass is 356 g/mol. The molecule has 0 saturated heterocycles. The zero-order valence-electron chi connectivity index (χ0n) is 14.3. The van der Waals surface area contributed by atoms with E-state index in [1.54, 1.807) is 5.57 Å². The second-order valence-corrected chi connectivity index (χ2v) is 8.92. The average Bonchev–Trinajstić information content (AvgIpc) is 2.73. The van der Waals surface area contributed by atoms with Crippen molar-refractivity contribution in [2.45, 2.75) is 84.7 Å². The molecule has 21 heavy (non-hydrogen) atoms. The molecule has 0 radical (unpaired) electrons. The Kier molecular flexibility index (Phi) is 5.63. The van der Waals surface area contributed by atoms with Crippen molar-refractivity contribution in [3.63, 3.8) is 0 Å². The lowest BCUT2D eigenvalue weighted by atomic mass is 9.61. The van der Waals surface area contributed by atoms with Crippen LogP contribution in [-0.2, 0) is 0 Å². The summed E-state index contributed by atoms with van der Waals surface area (Å²) >= 11 is 3.60. The van der Waals surface area contributed by atoms with Gasteiger partial charge in [-0.1, -0.05) is 48.2 Å². The van der Waals surface area contributed by atoms with Crippen LogP contribution in [0.3, 0.4) is 0 Å². The molecule has 0 heterocycles. The molecule has 2 aliphatic carbocycles. The van der Waals surface area contributed by atoms with Gasteiger partial charge in [-0.3, -0.25) is 0 Å². The predicted octanol–water partition coefficient (Wildman–Crippen LogP) is 6.06. The molecular weight excluding hydrogens is 324 g/mol. The maximum Gasteiger partial charge on any atom is 0.0591 e. The molecule has 0 aromatic heterocycles. The second kappa shape index (κ2) is 6.74. The topological polar surface area (TPSA) is 20.2 Å². The first kappa shape index (κ1) is 17.5. The molecule has 0 aromatic carbocycles. The SMILES string of the molecule is C[C@@H](CCCC(C)(C)O)[C@H]1CC[C@H]2/C(=C/Br)CCC[C@]12C. The molecule has 0 bridgehead atoms. The van der Waals surface area contributed by atoms with Crippen LogP contribution in [0.1, 0.15) is 79.1 Å². The number of halogens is 1. The summed E-state index contributed by atoms with van der Waals surface area (Å²) in [5.41, 5.74) is 1.68. The highest BCUT2D eigenvalue weighted by molar-refractivity contribution is 9.11. The first-order valence-corrected chi connectivity index (χ1v) is 9.71. The quantitative estimate of drug-likeness (QED) is 0.634. The largest absolute Gasteiger partial charge is 0.390 e. The van der Waals surface area contributed by atoms with Gasteiger partial charge in [-0.25, -0.2) is 0 Å². The van der Waals surface area contributed by atoms with Crippen molar-refractivity contribution in [2.75, 3.05) is 0 Å². The Morgan fingerprint density at radius 3 is 2.76 bits per heavy atom. The lowest BCUT2D eigenvalue weighted by Gasteiger charge is -2.44. The highest BCUT2D eigenvalue weighted by atomic mass is 79.9. The van der Waals surface area contributed by atoms with E-state index in [4.69, 9.17) is 0 Å². The first-order chi connectivity index (χ1) is 9.78. The Balaban J connectivity index is 1.97. The number of allylic oxidation sites excluding steroid dienone is 1. The van der Waals surface area contributed by atoms with Gasteiger partial charge in [0.25, 0.3) is 0 Å². The van der Waals surface area contributed by atoms with Crippen LogP contribution in [0.25, 0.3) is 0 Å². The van der Waals surface area contributed by atoms with Gasteiger partial charge in [-0.2, -0.15) is 0 Å². The Morgan fingerprint density at radius 2 is 2.14 bits per heavy atom. The van der Waals surface area contributed by atoms with E-state index in [-0.39, 0.29) is 0 Å². The van der Waals surface area contributed by atoms with Crippen LogP contribution in [0.5, 0.6) is 0 Å². The lowest BCUT2D eigenvalue weighted by molar-refractivity contribution is 0.0597. The minimum atomic E-state index is -0.501. The smallest absolute Gasteiger partial charge is 0.0591 e. The summed E-state index contributed by atoms with van der Waals surface area (Å²) in [6.07, 6.45) is 10.2. The van der Waals surface area contributed by atoms with Crippen molar-refractivity contribution in [1.82, 2.24) is 0 Å². The van der Waals surface area contributed by atoms with E-state index < -0.39 is 5.60 Å². The molecule has 1 N–H and O–H groups in total. The number of hydrogen-bond acceptors (Lipinski definition) is 1. The van der Waals surface area contributed by atoms with Gasteiger partial charge in [0, 0.05) is 0 Å². The Hall–Kier alpha value is 0.180. The summed E-state index contributed by atoms with van der Waals surface area (Å²) in [7, 11) is 0. The molecule has 4 atom stereocenters. The van der Waals surface area contributed by atoms with E-state index >= 15 is 0 Å². The third-order valence-corrected chi connectivity index (χ3v) is 6.90. The maximum atomic E-state index is 9.89. The molecule has 0 aliphatic heterocycles. The highest BCUT2D eigenvalue weighted by Gasteiger charge is 2.50. The van der Waals surface area contributed by atoms with Crippen molar-refractivity contribution in [2.24, 2.45) is 23.2 Å². The molecule has 2 aliphatic rings. The molecule has 1 nitrogen and oxygen atoms in total. The van der Waals surface area contributed by atoms with Crippen molar-refractivity contribution < 1.29 is 5.11 Å². The van der Waals surface area contributed by atoms with E-state index in [1.165, 1.54) is 38.5 Å². The molecule has 2 heteroatoms. The average molecular weight is 357 g/mol. The summed E-state index contributed by atoms with van der Waals surface area (Å²) in [6, 6.07) is 0. The van der Waals surface area contributed by atoms with Crippen LogP contribution in [0.2, 0.25) is 0 Å². The van der Waals surface area contributed by atoms with Crippen LogP contribution < -0.4 is 0 Å². The minimum absolute atomic E-state index is 0.501. The Bertz CT molecular complexity index is 382. The van der Waals surface area contributed by atoms with Gasteiger partial charge in [-0.15, -0.1) is 0 Å². The zero-order chi connectivity index (χ0) is 15.7. The summed E-state index contributed by atoms with van der Waals surface area (Å²) in [5, 5.41) is 9.89. The normalized spacial score (nSPS) is 36.8. The van der Waals surface area contributed by atoms with Gasteiger partial charge >= 0.3 is 0 Å². The summed E-state index contributed by atoms with van der Waals surface area (Å²) in [4.78, 5) is 2.22. The van der Waals surface area contributed by atoms with Crippen molar-refractivity contribution in [3.05, 3.63) is 10.6 Å². The van der Waals surface area contributed by atoms with Crippen LogP contribution in [0, 0.1) is 23.2 Å². The van der Waals surface area contributed by atoms with Gasteiger partial charge < -0.3 is 5.11 Å². The third-order valence-electron chi connectivity index (χ3n) is 6.31. The third kappa shape index (κ3) is 3.93. The summed E-state index contributed by atoms with van der Waals surface area (Å²) < 4.78 is 0. The minimum Gasteiger partial charge on any atom is -0.390 e. The number of fused-ring (bicyclic) bond motifs is 1. The van der Waals surface area contributed by atoms with E-state index in [9.17, 15) is 5.11 Å². The van der Waals surface area contributed by atoms with Crippen LogP contribution >= 0.6 is 15.9 Å². The lowest BCUT2D eigenvalue weighted by Crippen LogP contribution is -2.36. The van der Waals surface area contributed by atoms with Gasteiger partial charge in [0.2, 0.25) is 0 Å². The maximum absolute atomic E-state index is 9.89. The molecule has 2 fully saturated rings. The number of hydrogen-bond donors (Lipinski definition) is 1. The van der Waals surface area contributed by atoms with Gasteiger partial charge in [0.15, 0.2) is 0 Å². The summed E-state index contributed by atoms with van der Waals surface area (Å²) in [5.74, 6) is 2.47. The van der Waals surface area contributed by atoms with E-state index in [1.807, 2.05) is 13.8 Å². The van der Waals surface area contributed by atoms with Crippen LogP contribution in [0.15, 0.2) is 10.6 Å². The standard InChI is InChI=1S/C19H33BrO/c1-14(7-5-11-18(2,3)21)16-9-10-17-15(13-20)8-6-12-19(16,17)4/h13-14,16-17,21H,5-12H2,1-4H3/b15-13+/t14-,16+,17-,19+/m0/s1. The molecule has 2 saturated carbocycles. The van der Waals surface area contributed by atoms with E-state index in [0.717, 1.165) is 30.6 Å². The molecular formula is C19H33BrO. The van der Waals surface area contributed by atoms with Gasteiger partial charge in [0.1, 0.15) is 0 Å². The van der Waals surface area contributed by atoms with Crippen molar-refractivity contribution >= 4 is 15.9 Å². The molecule has 0 spiro atoms. The summed E-state index contributed by atoms with van der Waals surface area (Å²) in [6.45, 7) is 8.86. The zero-order valence-corrected chi connectivity index (χ0v) is 15.9. The van der Waals surface area contributed by atoms with Crippen LogP contribution in [0.4, 0.5) is 0 Å². The van der Waals surface area contributed by atoms with E-state index in [2.05, 4.69) is 34.8 Å². The Labute approximate surface area is 139 Å². The molecule has 0 amide bonds. The molecule has 122 valence electrons. The number of aliphatic hydroxyl groups is 1. The van der Waals surface area contributed by atoms with Gasteiger partial charge in [-0.05, 0) is 80.5 Å². The fraction of sp³-hybridized carbons (Fsp3) is 0.895. The van der Waals surface area contributed by atoms with Gasteiger partial charge in [0.05, 0.1) is 5.60 Å². The molecule has 0 aromatic rings. The predicted molar refractivity (Wildman–Crippen MR) is 94.5 cm³/mol. The highest BCUT2D eigenvalue weighted by Crippen LogP contribution is 2.59. The second-order valence-electron chi connectivity index (χ2n) is 8.46. The Morgan fingerprint density at radius 1 is 1.43 bits per heavy atom. The number of rotatable bonds is 5. The van der Waals surface area contributed by atoms with Crippen molar-refractivity contribution in [1.29, 1.82) is 0 Å².